The summed E-state index contributed by atoms with van der Waals surface area (Å²) in [6.07, 6.45) is 22.1. The van der Waals surface area contributed by atoms with E-state index in [0.717, 1.165) is 25.7 Å². The molecular weight excluding hydrogens is 336 g/mol. The molecule has 1 atom stereocenters. The maximum absolute atomic E-state index is 11.8. The summed E-state index contributed by atoms with van der Waals surface area (Å²) in [7, 11) is 0. The Morgan fingerprint density at radius 1 is 0.630 bits per heavy atom. The van der Waals surface area contributed by atoms with Crippen molar-refractivity contribution in [3.8, 4) is 0 Å². The molecule has 0 saturated heterocycles. The first kappa shape index (κ1) is 26.4. The lowest BCUT2D eigenvalue weighted by Gasteiger charge is -2.10. The van der Waals surface area contributed by atoms with Crippen LogP contribution in [0.25, 0.3) is 0 Å². The second-order valence-corrected chi connectivity index (χ2v) is 8.13. The van der Waals surface area contributed by atoms with Crippen LogP contribution in [0.4, 0.5) is 0 Å². The Hall–Kier alpha value is -0.570. The highest BCUT2D eigenvalue weighted by molar-refractivity contribution is 5.74. The van der Waals surface area contributed by atoms with Gasteiger partial charge in [-0.25, -0.2) is 4.79 Å². The Morgan fingerprint density at radius 3 is 1.44 bits per heavy atom. The Balaban J connectivity index is 3.31. The van der Waals surface area contributed by atoms with E-state index < -0.39 is 12.1 Å². The van der Waals surface area contributed by atoms with Gasteiger partial charge in [0.15, 0.2) is 6.10 Å². The molecule has 0 fully saturated rings. The summed E-state index contributed by atoms with van der Waals surface area (Å²) in [4.78, 5) is 11.8. The van der Waals surface area contributed by atoms with Crippen molar-refractivity contribution in [3.63, 3.8) is 0 Å². The second-order valence-electron chi connectivity index (χ2n) is 8.13. The zero-order chi connectivity index (χ0) is 20.0. The third-order valence-electron chi connectivity index (χ3n) is 5.35. The Morgan fingerprint density at radius 2 is 1.00 bits per heavy atom. The van der Waals surface area contributed by atoms with Crippen molar-refractivity contribution in [1.82, 2.24) is 0 Å². The number of ether oxygens (including phenoxy) is 1. The van der Waals surface area contributed by atoms with Gasteiger partial charge in [0.05, 0.1) is 6.61 Å². The third-order valence-corrected chi connectivity index (χ3v) is 5.35. The number of rotatable bonds is 21. The van der Waals surface area contributed by atoms with Gasteiger partial charge in [-0.3, -0.25) is 0 Å². The van der Waals surface area contributed by atoms with Crippen LogP contribution in [0.3, 0.4) is 0 Å². The van der Waals surface area contributed by atoms with Crippen molar-refractivity contribution < 1.29 is 14.6 Å². The highest BCUT2D eigenvalue weighted by Gasteiger charge is 2.15. The lowest BCUT2D eigenvalue weighted by molar-refractivity contribution is -0.154. The maximum Gasteiger partial charge on any atom is 0.334 e. The average molecular weight is 385 g/mol. The summed E-state index contributed by atoms with van der Waals surface area (Å²) >= 11 is 0. The van der Waals surface area contributed by atoms with E-state index in [2.05, 4.69) is 13.8 Å². The molecule has 0 heterocycles. The summed E-state index contributed by atoms with van der Waals surface area (Å²) in [5, 5.41) is 9.88. The van der Waals surface area contributed by atoms with Crippen molar-refractivity contribution in [2.24, 2.45) is 0 Å². The van der Waals surface area contributed by atoms with Crippen molar-refractivity contribution in [1.29, 1.82) is 0 Å². The van der Waals surface area contributed by atoms with Gasteiger partial charge in [0.25, 0.3) is 0 Å². The van der Waals surface area contributed by atoms with Gasteiger partial charge in [0.1, 0.15) is 0 Å². The number of aliphatic hydroxyl groups excluding tert-OH is 1. The fraction of sp³-hybridized carbons (Fsp3) is 0.958. The van der Waals surface area contributed by atoms with Gasteiger partial charge in [-0.2, -0.15) is 0 Å². The first-order chi connectivity index (χ1) is 13.2. The molecule has 27 heavy (non-hydrogen) atoms. The first-order valence-electron chi connectivity index (χ1n) is 12.1. The van der Waals surface area contributed by atoms with Gasteiger partial charge in [0, 0.05) is 0 Å². The highest BCUT2D eigenvalue weighted by atomic mass is 16.5. The topological polar surface area (TPSA) is 46.5 Å². The van der Waals surface area contributed by atoms with Gasteiger partial charge < -0.3 is 9.84 Å². The first-order valence-corrected chi connectivity index (χ1v) is 12.1. The molecule has 0 aliphatic rings. The number of esters is 1. The zero-order valence-electron chi connectivity index (χ0n) is 18.5. The SMILES string of the molecule is CCCCCCCCCCCCOC(=O)C(O)CCCCCCCCCC. The molecule has 1 N–H and O–H groups in total. The zero-order valence-corrected chi connectivity index (χ0v) is 18.5. The van der Waals surface area contributed by atoms with E-state index in [9.17, 15) is 9.90 Å². The molecule has 0 spiro atoms. The van der Waals surface area contributed by atoms with Crippen LogP contribution in [0.2, 0.25) is 0 Å². The van der Waals surface area contributed by atoms with Crippen molar-refractivity contribution >= 4 is 5.97 Å². The average Bonchev–Trinajstić information content (AvgIpc) is 2.67. The third kappa shape index (κ3) is 20.0. The molecule has 1 unspecified atom stereocenters. The van der Waals surface area contributed by atoms with Crippen LogP contribution in [0, 0.1) is 0 Å². The fourth-order valence-electron chi connectivity index (χ4n) is 3.45. The van der Waals surface area contributed by atoms with Gasteiger partial charge in [-0.05, 0) is 12.8 Å². The summed E-state index contributed by atoms with van der Waals surface area (Å²) in [6.45, 7) is 4.95. The highest BCUT2D eigenvalue weighted by Crippen LogP contribution is 2.12. The minimum atomic E-state index is -0.923. The molecule has 0 aromatic rings. The standard InChI is InChI=1S/C24H48O3/c1-3-5-7-9-11-13-14-16-18-20-22-27-24(26)23(25)21-19-17-15-12-10-8-6-4-2/h23,25H,3-22H2,1-2H3. The van der Waals surface area contributed by atoms with Crippen molar-refractivity contribution in [2.75, 3.05) is 6.61 Å². The van der Waals surface area contributed by atoms with Crippen LogP contribution in [-0.2, 0) is 9.53 Å². The molecule has 162 valence electrons. The van der Waals surface area contributed by atoms with Crippen LogP contribution in [0.15, 0.2) is 0 Å². The van der Waals surface area contributed by atoms with Crippen LogP contribution in [0.5, 0.6) is 0 Å². The molecular formula is C24H48O3. The molecule has 0 aromatic heterocycles. The molecule has 0 aromatic carbocycles. The maximum atomic E-state index is 11.8. The Bertz CT molecular complexity index is 304. The van der Waals surface area contributed by atoms with Crippen LogP contribution >= 0.6 is 0 Å². The van der Waals surface area contributed by atoms with Crippen molar-refractivity contribution in [2.45, 2.75) is 142 Å². The summed E-state index contributed by atoms with van der Waals surface area (Å²) in [6, 6.07) is 0. The fourth-order valence-corrected chi connectivity index (χ4v) is 3.45. The molecule has 0 bridgehead atoms. The quantitative estimate of drug-likeness (QED) is 0.166. The predicted molar refractivity (Wildman–Crippen MR) is 116 cm³/mol. The molecule has 3 heteroatoms. The number of carbonyl (C=O) groups is 1. The molecule has 0 aliphatic carbocycles. The van der Waals surface area contributed by atoms with E-state index in [1.165, 1.54) is 89.9 Å². The minimum Gasteiger partial charge on any atom is -0.464 e. The summed E-state index contributed by atoms with van der Waals surface area (Å²) in [5.41, 5.74) is 0. The lowest BCUT2D eigenvalue weighted by atomic mass is 10.1. The number of unbranched alkanes of at least 4 members (excludes halogenated alkanes) is 16. The number of carbonyl (C=O) groups excluding carboxylic acids is 1. The second kappa shape index (κ2) is 21.7. The molecule has 0 saturated carbocycles. The Labute approximate surface area is 169 Å². The molecule has 0 amide bonds. The molecule has 3 nitrogen and oxygen atoms in total. The van der Waals surface area contributed by atoms with E-state index >= 15 is 0 Å². The van der Waals surface area contributed by atoms with Gasteiger partial charge >= 0.3 is 5.97 Å². The number of aliphatic hydroxyl groups is 1. The van der Waals surface area contributed by atoms with E-state index in [1.807, 2.05) is 0 Å². The van der Waals surface area contributed by atoms with Crippen LogP contribution < -0.4 is 0 Å². The minimum absolute atomic E-state index is 0.422. The lowest BCUT2D eigenvalue weighted by Crippen LogP contribution is -2.23. The van der Waals surface area contributed by atoms with Crippen molar-refractivity contribution in [3.05, 3.63) is 0 Å². The Kier molecular flexibility index (Phi) is 21.3. The normalized spacial score (nSPS) is 12.3. The monoisotopic (exact) mass is 384 g/mol. The van der Waals surface area contributed by atoms with E-state index in [4.69, 9.17) is 4.74 Å². The molecule has 0 rings (SSSR count). The van der Waals surface area contributed by atoms with Crippen LogP contribution in [-0.4, -0.2) is 23.8 Å². The van der Waals surface area contributed by atoms with Crippen LogP contribution in [0.1, 0.15) is 136 Å². The number of hydrogen-bond acceptors (Lipinski definition) is 3. The number of hydrogen-bond donors (Lipinski definition) is 1. The largest absolute Gasteiger partial charge is 0.464 e. The van der Waals surface area contributed by atoms with Gasteiger partial charge in [-0.15, -0.1) is 0 Å². The van der Waals surface area contributed by atoms with E-state index in [0.29, 0.717) is 13.0 Å². The predicted octanol–water partition coefficient (Wildman–Crippen LogP) is 7.34. The van der Waals surface area contributed by atoms with E-state index in [1.54, 1.807) is 0 Å². The smallest absolute Gasteiger partial charge is 0.334 e. The summed E-state index contributed by atoms with van der Waals surface area (Å²) < 4.78 is 5.21. The molecule has 0 radical (unpaired) electrons. The van der Waals surface area contributed by atoms with Gasteiger partial charge in [-0.1, -0.05) is 123 Å². The molecule has 0 aliphatic heterocycles. The summed E-state index contributed by atoms with van der Waals surface area (Å²) in [5.74, 6) is -0.422. The van der Waals surface area contributed by atoms with E-state index in [-0.39, 0.29) is 0 Å². The van der Waals surface area contributed by atoms with Gasteiger partial charge in [0.2, 0.25) is 0 Å².